The van der Waals surface area contributed by atoms with Crippen molar-refractivity contribution < 1.29 is 22.4 Å². The number of alkyl halides is 3. The van der Waals surface area contributed by atoms with Gasteiger partial charge in [0.25, 0.3) is 0 Å². The highest BCUT2D eigenvalue weighted by atomic mass is 79.9. The fourth-order valence-electron chi connectivity index (χ4n) is 1.85. The van der Waals surface area contributed by atoms with Crippen LogP contribution in [0.3, 0.4) is 0 Å². The molecule has 9 heteroatoms. The lowest BCUT2D eigenvalue weighted by Crippen LogP contribution is -2.28. The Kier molecular flexibility index (Phi) is 5.08. The molecule has 1 N–H and O–H groups in total. The molecule has 124 valence electrons. The quantitative estimate of drug-likeness (QED) is 0.808. The number of nitrogens with one attached hydrogen (secondary N) is 1. The Labute approximate surface area is 137 Å². The lowest BCUT2D eigenvalue weighted by atomic mass is 10.2. The van der Waals surface area contributed by atoms with Gasteiger partial charge in [-0.05, 0) is 40.5 Å². The third kappa shape index (κ3) is 4.31. The van der Waals surface area contributed by atoms with Crippen LogP contribution in [0.1, 0.15) is 17.0 Å². The fraction of sp³-hybridized carbons (Fsp3) is 0.286. The molecule has 0 radical (unpaired) electrons. The van der Waals surface area contributed by atoms with Gasteiger partial charge in [0.1, 0.15) is 12.4 Å². The summed E-state index contributed by atoms with van der Waals surface area (Å²) in [6, 6.07) is 5.53. The van der Waals surface area contributed by atoms with Crippen LogP contribution in [-0.2, 0) is 24.1 Å². The van der Waals surface area contributed by atoms with Crippen LogP contribution in [0.2, 0.25) is 0 Å². The number of hydrogen-bond donors (Lipinski definition) is 1. The minimum absolute atomic E-state index is 0.146. The van der Waals surface area contributed by atoms with E-state index in [1.165, 1.54) is 31.2 Å². The van der Waals surface area contributed by atoms with E-state index in [-0.39, 0.29) is 23.3 Å². The Morgan fingerprint density at radius 1 is 1.30 bits per heavy atom. The molecule has 4 nitrogen and oxygen atoms in total. The van der Waals surface area contributed by atoms with Gasteiger partial charge in [-0.2, -0.15) is 18.3 Å². The number of carbonyl (C=O) groups is 1. The Bertz CT molecular complexity index is 710. The summed E-state index contributed by atoms with van der Waals surface area (Å²) in [5, 5.41) is 5.96. The van der Waals surface area contributed by atoms with Crippen molar-refractivity contribution in [3.63, 3.8) is 0 Å². The Hall–Kier alpha value is -1.90. The highest BCUT2D eigenvalue weighted by molar-refractivity contribution is 9.10. The maximum absolute atomic E-state index is 12.8. The number of hydrogen-bond acceptors (Lipinski definition) is 2. The zero-order valence-corrected chi connectivity index (χ0v) is 13.5. The smallest absolute Gasteiger partial charge is 0.350 e. The molecule has 1 aromatic carbocycles. The van der Waals surface area contributed by atoms with Crippen molar-refractivity contribution in [3.05, 3.63) is 51.5 Å². The van der Waals surface area contributed by atoms with Gasteiger partial charge in [-0.25, -0.2) is 4.39 Å². The SMILES string of the molecule is Cc1c(Br)c(C(F)(F)F)nn1CC(=O)NCc1ccc(F)cc1. The highest BCUT2D eigenvalue weighted by Crippen LogP contribution is 2.35. The van der Waals surface area contributed by atoms with Crippen LogP contribution in [0.25, 0.3) is 0 Å². The molecule has 0 unspecified atom stereocenters. The summed E-state index contributed by atoms with van der Waals surface area (Å²) in [4.78, 5) is 11.8. The number of nitrogens with zero attached hydrogens (tertiary/aromatic N) is 2. The van der Waals surface area contributed by atoms with Gasteiger partial charge in [0.2, 0.25) is 5.91 Å². The van der Waals surface area contributed by atoms with Gasteiger partial charge < -0.3 is 5.32 Å². The molecule has 1 heterocycles. The van der Waals surface area contributed by atoms with Crippen molar-refractivity contribution in [2.24, 2.45) is 0 Å². The van der Waals surface area contributed by atoms with E-state index < -0.39 is 23.6 Å². The van der Waals surface area contributed by atoms with E-state index in [4.69, 9.17) is 0 Å². The van der Waals surface area contributed by atoms with E-state index in [0.29, 0.717) is 5.56 Å². The normalized spacial score (nSPS) is 11.6. The third-order valence-electron chi connectivity index (χ3n) is 3.10. The molecular formula is C14H12BrF4N3O. The van der Waals surface area contributed by atoms with Gasteiger partial charge >= 0.3 is 6.18 Å². The van der Waals surface area contributed by atoms with Crippen LogP contribution in [0.5, 0.6) is 0 Å². The molecule has 23 heavy (non-hydrogen) atoms. The summed E-state index contributed by atoms with van der Waals surface area (Å²) in [7, 11) is 0. The summed E-state index contributed by atoms with van der Waals surface area (Å²) in [6.45, 7) is 1.23. The first-order valence-corrected chi connectivity index (χ1v) is 7.29. The van der Waals surface area contributed by atoms with Crippen LogP contribution in [0, 0.1) is 12.7 Å². The molecule has 2 rings (SSSR count). The predicted octanol–water partition coefficient (Wildman–Crippen LogP) is 3.43. The van der Waals surface area contributed by atoms with Crippen molar-refractivity contribution in [3.8, 4) is 0 Å². The second-order valence-electron chi connectivity index (χ2n) is 4.81. The molecule has 2 aromatic rings. The molecule has 0 atom stereocenters. The standard InChI is InChI=1S/C14H12BrF4N3O/c1-8-12(15)13(14(17,18)19)21-22(8)7-11(23)20-6-9-2-4-10(16)5-3-9/h2-5H,6-7H2,1H3,(H,20,23). The van der Waals surface area contributed by atoms with Crippen LogP contribution in [-0.4, -0.2) is 15.7 Å². The van der Waals surface area contributed by atoms with Crippen molar-refractivity contribution in [1.29, 1.82) is 0 Å². The van der Waals surface area contributed by atoms with Gasteiger partial charge in [0.15, 0.2) is 5.69 Å². The molecule has 0 bridgehead atoms. The predicted molar refractivity (Wildman–Crippen MR) is 77.9 cm³/mol. The molecule has 0 saturated carbocycles. The lowest BCUT2D eigenvalue weighted by molar-refractivity contribution is -0.142. The minimum Gasteiger partial charge on any atom is -0.350 e. The number of carbonyl (C=O) groups excluding carboxylic acids is 1. The number of halogens is 5. The molecule has 0 spiro atoms. The van der Waals surface area contributed by atoms with Crippen molar-refractivity contribution >= 4 is 21.8 Å². The number of amides is 1. The van der Waals surface area contributed by atoms with Gasteiger partial charge in [-0.1, -0.05) is 12.1 Å². The molecule has 0 aliphatic rings. The monoisotopic (exact) mass is 393 g/mol. The largest absolute Gasteiger partial charge is 0.436 e. The molecule has 0 fully saturated rings. The first-order chi connectivity index (χ1) is 10.7. The van der Waals surface area contributed by atoms with Gasteiger partial charge in [-0.3, -0.25) is 9.48 Å². The average Bonchev–Trinajstić information content (AvgIpc) is 2.75. The highest BCUT2D eigenvalue weighted by Gasteiger charge is 2.38. The molecule has 0 aliphatic carbocycles. The molecule has 0 aliphatic heterocycles. The summed E-state index contributed by atoms with van der Waals surface area (Å²) in [6.07, 6.45) is -4.60. The van der Waals surface area contributed by atoms with E-state index in [9.17, 15) is 22.4 Å². The molecule has 1 aromatic heterocycles. The molecular weight excluding hydrogens is 382 g/mol. The number of benzene rings is 1. The van der Waals surface area contributed by atoms with Gasteiger partial charge in [0.05, 0.1) is 10.2 Å². The Balaban J connectivity index is 2.02. The van der Waals surface area contributed by atoms with Crippen molar-refractivity contribution in [2.45, 2.75) is 26.2 Å². The number of rotatable bonds is 4. The lowest BCUT2D eigenvalue weighted by Gasteiger charge is -2.07. The summed E-state index contributed by atoms with van der Waals surface area (Å²) < 4.78 is 51.8. The van der Waals surface area contributed by atoms with E-state index in [2.05, 4.69) is 26.3 Å². The van der Waals surface area contributed by atoms with Crippen LogP contribution in [0.4, 0.5) is 17.6 Å². The topological polar surface area (TPSA) is 46.9 Å². The summed E-state index contributed by atoms with van der Waals surface area (Å²) in [5.41, 5.74) is -0.190. The number of aromatic nitrogens is 2. The Morgan fingerprint density at radius 3 is 2.43 bits per heavy atom. The third-order valence-corrected chi connectivity index (χ3v) is 4.05. The fourth-order valence-corrected chi connectivity index (χ4v) is 2.36. The van der Waals surface area contributed by atoms with E-state index in [1.807, 2.05) is 0 Å². The van der Waals surface area contributed by atoms with Crippen molar-refractivity contribution in [2.75, 3.05) is 0 Å². The van der Waals surface area contributed by atoms with E-state index in [0.717, 1.165) is 4.68 Å². The van der Waals surface area contributed by atoms with Crippen molar-refractivity contribution in [1.82, 2.24) is 15.1 Å². The Morgan fingerprint density at radius 2 is 1.91 bits per heavy atom. The van der Waals surface area contributed by atoms with E-state index >= 15 is 0 Å². The molecule has 0 saturated heterocycles. The molecule has 1 amide bonds. The second kappa shape index (κ2) is 6.69. The van der Waals surface area contributed by atoms with Crippen LogP contribution in [0.15, 0.2) is 28.7 Å². The first kappa shape index (κ1) is 17.5. The zero-order chi connectivity index (χ0) is 17.2. The van der Waals surface area contributed by atoms with Gasteiger partial charge in [0, 0.05) is 6.54 Å². The zero-order valence-electron chi connectivity index (χ0n) is 11.9. The average molecular weight is 394 g/mol. The maximum atomic E-state index is 12.8. The summed E-state index contributed by atoms with van der Waals surface area (Å²) in [5.74, 6) is -0.891. The van der Waals surface area contributed by atoms with E-state index in [1.54, 1.807) is 0 Å². The van der Waals surface area contributed by atoms with Crippen LogP contribution >= 0.6 is 15.9 Å². The summed E-state index contributed by atoms with van der Waals surface area (Å²) >= 11 is 2.84. The van der Waals surface area contributed by atoms with Crippen LogP contribution < -0.4 is 5.32 Å². The second-order valence-corrected chi connectivity index (χ2v) is 5.60. The minimum atomic E-state index is -4.60. The maximum Gasteiger partial charge on any atom is 0.436 e. The first-order valence-electron chi connectivity index (χ1n) is 6.49. The van der Waals surface area contributed by atoms with Gasteiger partial charge in [-0.15, -0.1) is 0 Å².